The van der Waals surface area contributed by atoms with Crippen molar-refractivity contribution in [1.82, 2.24) is 15.2 Å². The summed E-state index contributed by atoms with van der Waals surface area (Å²) in [7, 11) is 3.71. The summed E-state index contributed by atoms with van der Waals surface area (Å²) in [6, 6.07) is 14.8. The number of nitrogens with zero attached hydrogens (tertiary/aromatic N) is 2. The maximum Gasteiger partial charge on any atom is 0.264 e. The van der Waals surface area contributed by atoms with Crippen molar-refractivity contribution in [2.75, 3.05) is 14.2 Å². The molecule has 4 rings (SSSR count). The first kappa shape index (κ1) is 27.1. The Labute approximate surface area is 212 Å². The van der Waals surface area contributed by atoms with Crippen molar-refractivity contribution < 1.29 is 9.53 Å². The zero-order chi connectivity index (χ0) is 21.6. The Morgan fingerprint density at radius 1 is 1.09 bits per heavy atom. The molecule has 0 radical (unpaired) electrons. The van der Waals surface area contributed by atoms with Gasteiger partial charge in [-0.25, -0.2) is 0 Å². The van der Waals surface area contributed by atoms with Gasteiger partial charge in [0.15, 0.2) is 0 Å². The number of carbonyl (C=O) groups excluding carboxylic acids is 1. The summed E-state index contributed by atoms with van der Waals surface area (Å²) in [6.45, 7) is 0.535. The molecule has 178 valence electrons. The zero-order valence-corrected chi connectivity index (χ0v) is 21.3. The van der Waals surface area contributed by atoms with Crippen molar-refractivity contribution in [1.29, 1.82) is 0 Å². The quantitative estimate of drug-likeness (QED) is 0.436. The molecule has 1 amide bonds. The minimum Gasteiger partial charge on any atom is -0.496 e. The summed E-state index contributed by atoms with van der Waals surface area (Å²) in [5.41, 5.74) is 3.22. The molecule has 0 spiro atoms. The van der Waals surface area contributed by atoms with E-state index < -0.39 is 0 Å². The molecular formula is C25H31Cl2N3O2S. The predicted octanol–water partition coefficient (Wildman–Crippen LogP) is 5.84. The first-order valence-electron chi connectivity index (χ1n) is 10.8. The molecule has 1 saturated carbocycles. The molecular weight excluding hydrogens is 477 g/mol. The minimum atomic E-state index is 0. The Hall–Kier alpha value is -2.12. The number of aromatic nitrogens is 1. The van der Waals surface area contributed by atoms with Gasteiger partial charge in [-0.05, 0) is 79.6 Å². The van der Waals surface area contributed by atoms with Crippen LogP contribution in [0.15, 0.2) is 60.2 Å². The lowest BCUT2D eigenvalue weighted by Gasteiger charge is -2.37. The van der Waals surface area contributed by atoms with Gasteiger partial charge in [0.05, 0.1) is 12.0 Å². The van der Waals surface area contributed by atoms with Crippen molar-refractivity contribution in [2.24, 2.45) is 0 Å². The molecule has 1 aliphatic carbocycles. The molecule has 33 heavy (non-hydrogen) atoms. The highest BCUT2D eigenvalue weighted by atomic mass is 35.5. The van der Waals surface area contributed by atoms with Crippen LogP contribution in [0.1, 0.15) is 40.9 Å². The largest absolute Gasteiger partial charge is 0.496 e. The van der Waals surface area contributed by atoms with Gasteiger partial charge in [-0.1, -0.05) is 12.1 Å². The topological polar surface area (TPSA) is 54.5 Å². The number of ether oxygens (including phenoxy) is 1. The van der Waals surface area contributed by atoms with Gasteiger partial charge < -0.3 is 15.0 Å². The Kier molecular flexibility index (Phi) is 10.6. The number of methoxy groups -OCH3 is 1. The van der Waals surface area contributed by atoms with Crippen LogP contribution in [-0.2, 0) is 6.54 Å². The SMILES string of the molecule is CNC1CCC(N(Cc2cc(-c3ccncc3)ccc2OC)C(=O)c2cccs2)CC1.Cl.Cl. The monoisotopic (exact) mass is 507 g/mol. The molecule has 1 fully saturated rings. The first-order chi connectivity index (χ1) is 15.2. The third-order valence-corrected chi connectivity index (χ3v) is 7.03. The van der Waals surface area contributed by atoms with Gasteiger partial charge >= 0.3 is 0 Å². The second kappa shape index (κ2) is 12.9. The number of amides is 1. The van der Waals surface area contributed by atoms with Crippen LogP contribution < -0.4 is 10.1 Å². The number of thiophene rings is 1. The Balaban J connectivity index is 0.00000193. The van der Waals surface area contributed by atoms with E-state index in [1.807, 2.05) is 42.8 Å². The van der Waals surface area contributed by atoms with E-state index in [2.05, 4.69) is 27.3 Å². The number of hydrogen-bond acceptors (Lipinski definition) is 5. The van der Waals surface area contributed by atoms with Crippen molar-refractivity contribution >= 4 is 42.1 Å². The number of nitrogens with one attached hydrogen (secondary N) is 1. The lowest BCUT2D eigenvalue weighted by Crippen LogP contribution is -2.44. The molecule has 1 aliphatic rings. The van der Waals surface area contributed by atoms with Gasteiger partial charge in [0, 0.05) is 36.6 Å². The first-order valence-corrected chi connectivity index (χ1v) is 11.7. The van der Waals surface area contributed by atoms with E-state index in [0.717, 1.165) is 53.0 Å². The van der Waals surface area contributed by atoms with Crippen LogP contribution >= 0.6 is 36.2 Å². The van der Waals surface area contributed by atoms with Gasteiger partial charge in [0.1, 0.15) is 5.75 Å². The van der Waals surface area contributed by atoms with Crippen LogP contribution in [0.25, 0.3) is 11.1 Å². The molecule has 0 atom stereocenters. The third-order valence-electron chi connectivity index (χ3n) is 6.17. The predicted molar refractivity (Wildman–Crippen MR) is 140 cm³/mol. The summed E-state index contributed by atoms with van der Waals surface area (Å²) < 4.78 is 5.67. The Bertz CT molecular complexity index is 994. The highest BCUT2D eigenvalue weighted by Crippen LogP contribution is 2.31. The van der Waals surface area contributed by atoms with E-state index in [0.29, 0.717) is 12.6 Å². The van der Waals surface area contributed by atoms with Crippen LogP contribution in [0.5, 0.6) is 5.75 Å². The fourth-order valence-electron chi connectivity index (χ4n) is 4.39. The van der Waals surface area contributed by atoms with Crippen molar-refractivity contribution in [2.45, 2.75) is 44.3 Å². The summed E-state index contributed by atoms with van der Waals surface area (Å²) >= 11 is 1.51. The second-order valence-corrected chi connectivity index (χ2v) is 8.91. The maximum atomic E-state index is 13.5. The number of rotatable bonds is 7. The smallest absolute Gasteiger partial charge is 0.264 e. The van der Waals surface area contributed by atoms with Gasteiger partial charge in [-0.2, -0.15) is 0 Å². The molecule has 0 bridgehead atoms. The molecule has 2 heterocycles. The number of pyridine rings is 1. The van der Waals surface area contributed by atoms with E-state index in [9.17, 15) is 4.79 Å². The Morgan fingerprint density at radius 3 is 2.42 bits per heavy atom. The average molecular weight is 509 g/mol. The highest BCUT2D eigenvalue weighted by Gasteiger charge is 2.30. The minimum absolute atomic E-state index is 0. The molecule has 3 aromatic rings. The third kappa shape index (κ3) is 6.48. The number of halogens is 2. The lowest BCUT2D eigenvalue weighted by molar-refractivity contribution is 0.0604. The molecule has 2 aromatic heterocycles. The van der Waals surface area contributed by atoms with E-state index in [1.54, 1.807) is 19.5 Å². The standard InChI is InChI=1S/C25H29N3O2S.2ClH/c1-26-21-6-8-22(9-7-21)28(25(29)24-4-3-15-31-24)17-20-16-19(5-10-23(20)30-2)18-11-13-27-14-12-18;;/h3-5,10-16,21-22,26H,6-9,17H2,1-2H3;2*1H. The van der Waals surface area contributed by atoms with Crippen LogP contribution in [0.2, 0.25) is 0 Å². The molecule has 0 aliphatic heterocycles. The van der Waals surface area contributed by atoms with E-state index in [-0.39, 0.29) is 36.8 Å². The summed E-state index contributed by atoms with van der Waals surface area (Å²) in [6.07, 6.45) is 7.79. The second-order valence-electron chi connectivity index (χ2n) is 7.97. The fourth-order valence-corrected chi connectivity index (χ4v) is 5.07. The summed E-state index contributed by atoms with van der Waals surface area (Å²) in [5, 5.41) is 5.35. The lowest BCUT2D eigenvalue weighted by atomic mass is 9.89. The Morgan fingerprint density at radius 2 is 1.82 bits per heavy atom. The molecule has 0 unspecified atom stereocenters. The van der Waals surface area contributed by atoms with E-state index in [4.69, 9.17) is 4.74 Å². The fraction of sp³-hybridized carbons (Fsp3) is 0.360. The van der Waals surface area contributed by atoms with Crippen LogP contribution in [0.4, 0.5) is 0 Å². The van der Waals surface area contributed by atoms with Gasteiger partial charge in [0.2, 0.25) is 0 Å². The van der Waals surface area contributed by atoms with Crippen LogP contribution in [0, 0.1) is 0 Å². The number of hydrogen-bond donors (Lipinski definition) is 1. The van der Waals surface area contributed by atoms with Crippen molar-refractivity contribution in [3.8, 4) is 16.9 Å². The van der Waals surface area contributed by atoms with Gasteiger partial charge in [0.25, 0.3) is 5.91 Å². The molecule has 5 nitrogen and oxygen atoms in total. The van der Waals surface area contributed by atoms with E-state index in [1.165, 1.54) is 11.3 Å². The molecule has 0 saturated heterocycles. The van der Waals surface area contributed by atoms with Crippen molar-refractivity contribution in [3.05, 3.63) is 70.7 Å². The maximum absolute atomic E-state index is 13.5. The molecule has 1 N–H and O–H groups in total. The average Bonchev–Trinajstić information content (AvgIpc) is 3.38. The summed E-state index contributed by atoms with van der Waals surface area (Å²) in [4.78, 5) is 20.5. The number of carbonyl (C=O) groups is 1. The normalized spacial score (nSPS) is 17.4. The molecule has 1 aromatic carbocycles. The van der Waals surface area contributed by atoms with Crippen LogP contribution in [-0.4, -0.2) is 42.0 Å². The van der Waals surface area contributed by atoms with E-state index >= 15 is 0 Å². The van der Waals surface area contributed by atoms with Gasteiger partial charge in [-0.15, -0.1) is 36.2 Å². The van der Waals surface area contributed by atoms with Crippen molar-refractivity contribution in [3.63, 3.8) is 0 Å². The summed E-state index contributed by atoms with van der Waals surface area (Å²) in [5.74, 6) is 0.921. The zero-order valence-electron chi connectivity index (χ0n) is 18.9. The molecule has 8 heteroatoms. The van der Waals surface area contributed by atoms with Gasteiger partial charge in [-0.3, -0.25) is 9.78 Å². The number of benzene rings is 1. The van der Waals surface area contributed by atoms with Crippen LogP contribution in [0.3, 0.4) is 0 Å². The highest BCUT2D eigenvalue weighted by molar-refractivity contribution is 7.12.